The summed E-state index contributed by atoms with van der Waals surface area (Å²) in [7, 11) is 2.17. The van der Waals surface area contributed by atoms with Crippen molar-refractivity contribution in [2.75, 3.05) is 57.1 Å². The Morgan fingerprint density at radius 3 is 2.84 bits per heavy atom. The summed E-state index contributed by atoms with van der Waals surface area (Å²) in [5.41, 5.74) is 10.8. The summed E-state index contributed by atoms with van der Waals surface area (Å²) in [6.45, 7) is 7.10. The summed E-state index contributed by atoms with van der Waals surface area (Å²) >= 11 is 0. The van der Waals surface area contributed by atoms with Crippen LogP contribution in [0, 0.1) is 11.3 Å². The van der Waals surface area contributed by atoms with E-state index in [9.17, 15) is 5.26 Å². The first-order valence-electron chi connectivity index (χ1n) is 16.0. The highest BCUT2D eigenvalue weighted by Gasteiger charge is 2.49. The van der Waals surface area contributed by atoms with E-state index in [4.69, 9.17) is 29.7 Å². The number of piperazine rings is 1. The Hall–Kier alpha value is -3.72. The van der Waals surface area contributed by atoms with Gasteiger partial charge in [0.2, 0.25) is 5.88 Å². The lowest BCUT2D eigenvalue weighted by molar-refractivity contribution is -0.0743. The second kappa shape index (κ2) is 10.4. The number of rotatable bonds is 5. The van der Waals surface area contributed by atoms with Gasteiger partial charge in [0.1, 0.15) is 18.0 Å². The van der Waals surface area contributed by atoms with Crippen molar-refractivity contribution in [3.05, 3.63) is 46.2 Å². The maximum absolute atomic E-state index is 10.1. The molecule has 3 aliphatic heterocycles. The molecule has 0 saturated carbocycles. The van der Waals surface area contributed by atoms with Gasteiger partial charge in [-0.15, -0.1) is 0 Å². The predicted molar refractivity (Wildman–Crippen MR) is 165 cm³/mol. The van der Waals surface area contributed by atoms with Gasteiger partial charge in [0.25, 0.3) is 0 Å². The quantitative estimate of drug-likeness (QED) is 0.420. The van der Waals surface area contributed by atoms with E-state index in [-0.39, 0.29) is 11.6 Å². The molecule has 3 fully saturated rings. The third kappa shape index (κ3) is 4.30. The number of nitrogens with one attached hydrogen (secondary N) is 1. The van der Waals surface area contributed by atoms with Gasteiger partial charge < -0.3 is 29.9 Å². The van der Waals surface area contributed by atoms with E-state index in [0.29, 0.717) is 47.9 Å². The fraction of sp³-hybridized carbons (Fsp3) is 0.576. The summed E-state index contributed by atoms with van der Waals surface area (Å²) in [6.07, 6.45) is 6.68. The number of aromatic nitrogens is 3. The SMILES string of the molecule is CC(Oc1cc(N2CCNC3(COC3)C2)nc(-c2noc3c2CCCC32CCc3ccc(N)c(C#N)c32)n1)C1CCCN1C. The minimum absolute atomic E-state index is 0.0214. The number of fused-ring (bicyclic) bond motifs is 4. The maximum Gasteiger partial charge on any atom is 0.219 e. The zero-order valence-corrected chi connectivity index (χ0v) is 25.6. The summed E-state index contributed by atoms with van der Waals surface area (Å²) in [5.74, 6) is 2.75. The summed E-state index contributed by atoms with van der Waals surface area (Å²) in [4.78, 5) is 14.8. The van der Waals surface area contributed by atoms with E-state index >= 15 is 0 Å². The molecule has 8 rings (SSSR count). The lowest BCUT2D eigenvalue weighted by Crippen LogP contribution is -2.70. The molecule has 3 saturated heterocycles. The predicted octanol–water partition coefficient (Wildman–Crippen LogP) is 3.19. The molecule has 2 aromatic heterocycles. The molecule has 44 heavy (non-hydrogen) atoms. The molecule has 11 heteroatoms. The molecule has 230 valence electrons. The van der Waals surface area contributed by atoms with Gasteiger partial charge >= 0.3 is 0 Å². The smallest absolute Gasteiger partial charge is 0.219 e. The van der Waals surface area contributed by atoms with E-state index in [1.165, 1.54) is 12.0 Å². The molecule has 3 unspecified atom stereocenters. The fourth-order valence-corrected chi connectivity index (χ4v) is 8.49. The number of hydrogen-bond donors (Lipinski definition) is 2. The van der Waals surface area contributed by atoms with Crippen molar-refractivity contribution in [1.82, 2.24) is 25.3 Å². The molecular formula is C33H40N8O3. The van der Waals surface area contributed by atoms with E-state index in [1.807, 2.05) is 12.1 Å². The molecule has 1 aromatic carbocycles. The van der Waals surface area contributed by atoms with Crippen LogP contribution in [0.1, 0.15) is 67.0 Å². The van der Waals surface area contributed by atoms with Crippen molar-refractivity contribution in [1.29, 1.82) is 5.26 Å². The molecule has 2 spiro atoms. The summed E-state index contributed by atoms with van der Waals surface area (Å²) in [5, 5.41) is 18.4. The highest BCUT2D eigenvalue weighted by Crippen LogP contribution is 2.54. The van der Waals surface area contributed by atoms with Gasteiger partial charge in [-0.2, -0.15) is 10.2 Å². The van der Waals surface area contributed by atoms with Crippen LogP contribution in [-0.4, -0.2) is 84.1 Å². The first kappa shape index (κ1) is 27.8. The van der Waals surface area contributed by atoms with E-state index < -0.39 is 5.41 Å². The van der Waals surface area contributed by atoms with Gasteiger partial charge in [-0.3, -0.25) is 4.90 Å². The number of aryl methyl sites for hydroxylation is 1. The van der Waals surface area contributed by atoms with Gasteiger partial charge in [0.15, 0.2) is 17.3 Å². The lowest BCUT2D eigenvalue weighted by Gasteiger charge is -2.49. The van der Waals surface area contributed by atoms with Crippen LogP contribution in [0.5, 0.6) is 5.88 Å². The molecule has 3 aromatic rings. The summed E-state index contributed by atoms with van der Waals surface area (Å²) < 4.78 is 18.4. The van der Waals surface area contributed by atoms with Crippen LogP contribution in [0.3, 0.4) is 0 Å². The average Bonchev–Trinajstić information content (AvgIpc) is 3.75. The van der Waals surface area contributed by atoms with Crippen LogP contribution in [0.4, 0.5) is 11.5 Å². The molecule has 5 aliphatic rings. The molecule has 0 amide bonds. The molecule has 3 atom stereocenters. The average molecular weight is 597 g/mol. The first-order chi connectivity index (χ1) is 21.4. The Morgan fingerprint density at radius 2 is 2.07 bits per heavy atom. The number of nitriles is 1. The number of benzene rings is 1. The third-order valence-corrected chi connectivity index (χ3v) is 10.8. The number of nitrogens with two attached hydrogens (primary N) is 1. The molecule has 5 heterocycles. The van der Waals surface area contributed by atoms with Crippen LogP contribution in [0.15, 0.2) is 22.7 Å². The first-order valence-corrected chi connectivity index (χ1v) is 16.0. The number of likely N-dealkylation sites (tertiary alicyclic amines) is 1. The number of nitrogens with zero attached hydrogens (tertiary/aromatic N) is 6. The highest BCUT2D eigenvalue weighted by atomic mass is 16.5. The van der Waals surface area contributed by atoms with Crippen molar-refractivity contribution >= 4 is 11.5 Å². The molecule has 2 aliphatic carbocycles. The zero-order valence-electron chi connectivity index (χ0n) is 25.6. The van der Waals surface area contributed by atoms with Crippen LogP contribution < -0.4 is 20.7 Å². The number of ether oxygens (including phenoxy) is 2. The molecule has 0 bridgehead atoms. The molecule has 3 N–H and O–H groups in total. The van der Waals surface area contributed by atoms with Gasteiger partial charge in [-0.1, -0.05) is 11.2 Å². The van der Waals surface area contributed by atoms with Crippen molar-refractivity contribution in [3.63, 3.8) is 0 Å². The van der Waals surface area contributed by atoms with Crippen LogP contribution in [-0.2, 0) is 23.0 Å². The molecular weight excluding hydrogens is 556 g/mol. The van der Waals surface area contributed by atoms with Crippen LogP contribution in [0.25, 0.3) is 11.5 Å². The Balaban J connectivity index is 1.20. The summed E-state index contributed by atoms with van der Waals surface area (Å²) in [6, 6.07) is 8.64. The van der Waals surface area contributed by atoms with Crippen molar-refractivity contribution in [3.8, 4) is 23.5 Å². The molecule has 0 radical (unpaired) electrons. The Morgan fingerprint density at radius 1 is 1.18 bits per heavy atom. The highest BCUT2D eigenvalue weighted by molar-refractivity contribution is 5.68. The van der Waals surface area contributed by atoms with E-state index in [1.54, 1.807) is 0 Å². The van der Waals surface area contributed by atoms with Crippen molar-refractivity contribution < 1.29 is 14.0 Å². The van der Waals surface area contributed by atoms with Gasteiger partial charge in [0.05, 0.1) is 29.7 Å². The normalized spacial score (nSPS) is 26.3. The van der Waals surface area contributed by atoms with Gasteiger partial charge in [-0.25, -0.2) is 4.98 Å². The zero-order chi connectivity index (χ0) is 30.1. The maximum atomic E-state index is 10.1. The van der Waals surface area contributed by atoms with Crippen LogP contribution in [0.2, 0.25) is 0 Å². The monoisotopic (exact) mass is 596 g/mol. The third-order valence-electron chi connectivity index (χ3n) is 10.8. The number of hydrogen-bond acceptors (Lipinski definition) is 11. The minimum atomic E-state index is -0.414. The van der Waals surface area contributed by atoms with Gasteiger partial charge in [0, 0.05) is 43.0 Å². The van der Waals surface area contributed by atoms with Crippen molar-refractivity contribution in [2.45, 2.75) is 75.0 Å². The second-order valence-corrected chi connectivity index (χ2v) is 13.5. The number of likely N-dealkylation sites (N-methyl/N-ethyl adjacent to an activating group) is 1. The largest absolute Gasteiger partial charge is 0.473 e. The fourth-order valence-electron chi connectivity index (χ4n) is 8.49. The van der Waals surface area contributed by atoms with Crippen molar-refractivity contribution in [2.24, 2.45) is 0 Å². The number of anilines is 2. The topological polar surface area (TPSA) is 139 Å². The Bertz CT molecular complexity index is 1640. The Kier molecular flexibility index (Phi) is 6.59. The van der Waals surface area contributed by atoms with E-state index in [2.05, 4.69) is 46.4 Å². The van der Waals surface area contributed by atoms with Crippen LogP contribution >= 0.6 is 0 Å². The standard InChI is InChI=1S/C33H40N8O3/c1-20(25-6-4-13-40(25)2)43-27-15-26(41-14-12-36-32(17-41)18-42-19-32)37-31(38-27)29-22-5-3-10-33(30(22)44-39-29)11-9-21-7-8-24(35)23(16-34)28(21)33/h7-8,15,20,25,36H,3-6,9-14,17-19,35H2,1-2H3. The number of nitrogen functional groups attached to an aromatic ring is 1. The Labute approximate surface area is 257 Å². The van der Waals surface area contributed by atoms with E-state index in [0.717, 1.165) is 87.4 Å². The molecule has 11 nitrogen and oxygen atoms in total. The second-order valence-electron chi connectivity index (χ2n) is 13.5. The van der Waals surface area contributed by atoms with Gasteiger partial charge in [-0.05, 0) is 82.7 Å². The lowest BCUT2D eigenvalue weighted by atomic mass is 9.68. The minimum Gasteiger partial charge on any atom is -0.473 e.